The van der Waals surface area contributed by atoms with E-state index in [0.29, 0.717) is 22.6 Å². The molecule has 0 saturated carbocycles. The first-order valence-electron chi connectivity index (χ1n) is 7.10. The van der Waals surface area contributed by atoms with Crippen LogP contribution in [0.4, 0.5) is 0 Å². The highest BCUT2D eigenvalue weighted by Gasteiger charge is 2.11. The number of nitriles is 1. The average molecular weight is 378 g/mol. The van der Waals surface area contributed by atoms with Gasteiger partial charge in [-0.1, -0.05) is 15.9 Å². The number of halogens is 1. The maximum Gasteiger partial charge on any atom is 0.197 e. The van der Waals surface area contributed by atoms with Crippen molar-refractivity contribution in [2.24, 2.45) is 0 Å². The topological polar surface area (TPSA) is 53.2 Å². The maximum atomic E-state index is 9.09. The molecule has 1 heterocycles. The monoisotopic (exact) mass is 377 g/mol. The van der Waals surface area contributed by atoms with Crippen LogP contribution in [0.25, 0.3) is 27.5 Å². The molecule has 1 N–H and O–H groups in total. The quantitative estimate of drug-likeness (QED) is 0.635. The van der Waals surface area contributed by atoms with Gasteiger partial charge in [-0.15, -0.1) is 0 Å². The molecule has 0 radical (unpaired) electrons. The molecule has 0 unspecified atom stereocenters. The molecule has 0 fully saturated rings. The molecule has 5 heteroatoms. The minimum absolute atomic E-state index is 0.479. The third kappa shape index (κ3) is 2.90. The van der Waals surface area contributed by atoms with Crippen LogP contribution in [0.3, 0.4) is 0 Å². The Morgan fingerprint density at radius 1 is 1.33 bits per heavy atom. The van der Waals surface area contributed by atoms with E-state index < -0.39 is 0 Å². The Hall–Kier alpha value is -3.02. The second kappa shape index (κ2) is 6.62. The molecule has 0 atom stereocenters. The molecule has 0 spiro atoms. The van der Waals surface area contributed by atoms with Gasteiger partial charge in [0.1, 0.15) is 5.75 Å². The normalized spacial score (nSPS) is 11.1. The molecule has 0 aliphatic heterocycles. The van der Waals surface area contributed by atoms with Crippen LogP contribution in [-0.4, -0.2) is 12.1 Å². The van der Waals surface area contributed by atoms with E-state index >= 15 is 0 Å². The van der Waals surface area contributed by atoms with Gasteiger partial charge in [0.05, 0.1) is 25.3 Å². The third-order valence-corrected chi connectivity index (χ3v) is 4.18. The number of hydrogen-bond donors (Lipinski definition) is 1. The van der Waals surface area contributed by atoms with Crippen LogP contribution in [0.15, 0.2) is 47.1 Å². The second-order valence-corrected chi connectivity index (χ2v) is 6.02. The van der Waals surface area contributed by atoms with E-state index in [1.54, 1.807) is 31.4 Å². The smallest absolute Gasteiger partial charge is 0.197 e. The summed E-state index contributed by atoms with van der Waals surface area (Å²) in [6, 6.07) is 13.1. The summed E-state index contributed by atoms with van der Waals surface area (Å²) in [4.78, 5) is 6.85. The average Bonchev–Trinajstić information content (AvgIpc) is 3.02. The fourth-order valence-electron chi connectivity index (χ4n) is 2.54. The Balaban J connectivity index is 2.19. The molecular weight excluding hydrogens is 366 g/mol. The highest BCUT2D eigenvalue weighted by Crippen LogP contribution is 2.31. The SMILES string of the molecule is [C-]#[N+]/C(=C/c1cc(C#N)ccc1OC)c1c[nH]c2ccc(Br)cc12. The zero-order valence-corrected chi connectivity index (χ0v) is 14.4. The Kier molecular flexibility index (Phi) is 4.37. The summed E-state index contributed by atoms with van der Waals surface area (Å²) in [6.45, 7) is 7.57. The minimum atomic E-state index is 0.479. The van der Waals surface area contributed by atoms with Gasteiger partial charge in [0.25, 0.3) is 0 Å². The van der Waals surface area contributed by atoms with Gasteiger partial charge in [0.15, 0.2) is 5.70 Å². The van der Waals surface area contributed by atoms with Crippen molar-refractivity contribution in [3.8, 4) is 11.8 Å². The van der Waals surface area contributed by atoms with E-state index in [1.807, 2.05) is 24.4 Å². The van der Waals surface area contributed by atoms with Crippen LogP contribution in [0.5, 0.6) is 5.75 Å². The van der Waals surface area contributed by atoms with Crippen molar-refractivity contribution >= 4 is 38.6 Å². The van der Waals surface area contributed by atoms with Crippen LogP contribution >= 0.6 is 15.9 Å². The molecule has 0 aliphatic rings. The maximum absolute atomic E-state index is 9.09. The van der Waals surface area contributed by atoms with Crippen molar-refractivity contribution in [3.63, 3.8) is 0 Å². The molecule has 0 aliphatic carbocycles. The second-order valence-electron chi connectivity index (χ2n) is 5.10. The lowest BCUT2D eigenvalue weighted by atomic mass is 10.1. The molecular formula is C19H12BrN3O. The van der Waals surface area contributed by atoms with Crippen molar-refractivity contribution in [1.82, 2.24) is 4.98 Å². The van der Waals surface area contributed by atoms with Crippen LogP contribution < -0.4 is 4.74 Å². The molecule has 2 aromatic carbocycles. The number of aromatic nitrogens is 1. The number of hydrogen-bond acceptors (Lipinski definition) is 2. The molecule has 1 aromatic heterocycles. The van der Waals surface area contributed by atoms with Crippen molar-refractivity contribution in [2.75, 3.05) is 7.11 Å². The van der Waals surface area contributed by atoms with Gasteiger partial charge in [0, 0.05) is 21.1 Å². The van der Waals surface area contributed by atoms with Gasteiger partial charge in [-0.05, 0) is 54.1 Å². The summed E-state index contributed by atoms with van der Waals surface area (Å²) in [5, 5.41) is 10.1. The van der Waals surface area contributed by atoms with Gasteiger partial charge in [-0.25, -0.2) is 4.85 Å². The third-order valence-electron chi connectivity index (χ3n) is 3.69. The van der Waals surface area contributed by atoms with E-state index in [9.17, 15) is 0 Å². The van der Waals surface area contributed by atoms with Gasteiger partial charge in [-0.3, -0.25) is 0 Å². The fraction of sp³-hybridized carbons (Fsp3) is 0.0526. The number of methoxy groups -OCH3 is 1. The predicted molar refractivity (Wildman–Crippen MR) is 98.2 cm³/mol. The Labute approximate surface area is 147 Å². The number of aromatic amines is 1. The Morgan fingerprint density at radius 2 is 2.17 bits per heavy atom. The van der Waals surface area contributed by atoms with Crippen LogP contribution in [0, 0.1) is 17.9 Å². The Bertz CT molecular complexity index is 1030. The van der Waals surface area contributed by atoms with Crippen LogP contribution in [-0.2, 0) is 0 Å². The summed E-state index contributed by atoms with van der Waals surface area (Å²) in [5.74, 6) is 0.621. The molecule has 4 nitrogen and oxygen atoms in total. The van der Waals surface area contributed by atoms with E-state index in [1.165, 1.54) is 0 Å². The summed E-state index contributed by atoms with van der Waals surface area (Å²) >= 11 is 3.46. The molecule has 116 valence electrons. The predicted octanol–water partition coefficient (Wildman–Crippen LogP) is 5.23. The van der Waals surface area contributed by atoms with Crippen molar-refractivity contribution in [2.45, 2.75) is 0 Å². The lowest BCUT2D eigenvalue weighted by Gasteiger charge is -2.06. The molecule has 3 rings (SSSR count). The summed E-state index contributed by atoms with van der Waals surface area (Å²) in [7, 11) is 1.57. The molecule has 0 saturated heterocycles. The first kappa shape index (κ1) is 15.9. The number of H-pyrrole nitrogens is 1. The highest BCUT2D eigenvalue weighted by atomic mass is 79.9. The lowest BCUT2D eigenvalue weighted by molar-refractivity contribution is 0.414. The zero-order chi connectivity index (χ0) is 17.1. The van der Waals surface area contributed by atoms with Gasteiger partial charge in [-0.2, -0.15) is 5.26 Å². The number of fused-ring (bicyclic) bond motifs is 1. The number of nitrogens with zero attached hydrogens (tertiary/aromatic N) is 2. The van der Waals surface area contributed by atoms with Crippen LogP contribution in [0.2, 0.25) is 0 Å². The molecule has 3 aromatic rings. The number of rotatable bonds is 3. The molecule has 0 amide bonds. The largest absolute Gasteiger partial charge is 0.496 e. The lowest BCUT2D eigenvalue weighted by Crippen LogP contribution is -1.89. The van der Waals surface area contributed by atoms with Crippen molar-refractivity contribution in [1.29, 1.82) is 5.26 Å². The highest BCUT2D eigenvalue weighted by molar-refractivity contribution is 9.10. The summed E-state index contributed by atoms with van der Waals surface area (Å²) < 4.78 is 6.29. The Morgan fingerprint density at radius 3 is 2.88 bits per heavy atom. The molecule has 0 bridgehead atoms. The first-order chi connectivity index (χ1) is 11.7. The van der Waals surface area contributed by atoms with E-state index in [-0.39, 0.29) is 0 Å². The molecule has 24 heavy (non-hydrogen) atoms. The summed E-state index contributed by atoms with van der Waals surface area (Å²) in [6.07, 6.45) is 3.57. The van der Waals surface area contributed by atoms with Crippen molar-refractivity contribution < 1.29 is 4.74 Å². The van der Waals surface area contributed by atoms with E-state index in [0.717, 1.165) is 20.9 Å². The van der Waals surface area contributed by atoms with Gasteiger partial charge >= 0.3 is 0 Å². The van der Waals surface area contributed by atoms with E-state index in [4.69, 9.17) is 16.6 Å². The standard InChI is InChI=1S/C19H12BrN3O/c1-22-18(8-13-7-12(10-21)3-6-19(13)24-2)16-11-23-17-5-4-14(20)9-15(16)17/h3-9,11,23H,2H3/b18-8+. The first-order valence-corrected chi connectivity index (χ1v) is 7.90. The van der Waals surface area contributed by atoms with Gasteiger partial charge in [0.2, 0.25) is 0 Å². The zero-order valence-electron chi connectivity index (χ0n) is 12.8. The van der Waals surface area contributed by atoms with Crippen molar-refractivity contribution in [3.05, 3.63) is 75.2 Å². The number of benzene rings is 2. The summed E-state index contributed by atoms with van der Waals surface area (Å²) in [5.41, 5.74) is 3.47. The number of nitrogens with one attached hydrogen (secondary N) is 1. The minimum Gasteiger partial charge on any atom is -0.496 e. The van der Waals surface area contributed by atoms with E-state index in [2.05, 4.69) is 31.8 Å². The fourth-order valence-corrected chi connectivity index (χ4v) is 2.90. The number of ether oxygens (including phenoxy) is 1. The van der Waals surface area contributed by atoms with Gasteiger partial charge < -0.3 is 9.72 Å². The van der Waals surface area contributed by atoms with Crippen LogP contribution in [0.1, 0.15) is 16.7 Å².